The summed E-state index contributed by atoms with van der Waals surface area (Å²) in [5.74, 6) is 0.110. The molecule has 1 fully saturated rings. The van der Waals surface area contributed by atoms with Crippen LogP contribution in [-0.2, 0) is 6.54 Å². The van der Waals surface area contributed by atoms with Crippen molar-refractivity contribution in [2.75, 3.05) is 26.2 Å². The fourth-order valence-electron chi connectivity index (χ4n) is 2.92. The first-order valence-electron chi connectivity index (χ1n) is 8.17. The van der Waals surface area contributed by atoms with E-state index < -0.39 is 4.92 Å². The number of nitro benzene ring substituents is 1. The molecule has 0 bridgehead atoms. The number of non-ortho nitro benzene ring substituents is 1. The van der Waals surface area contributed by atoms with E-state index in [0.29, 0.717) is 23.1 Å². The number of rotatable bonds is 4. The average Bonchev–Trinajstić information content (AvgIpc) is 2.65. The normalized spacial score (nSPS) is 15.0. The van der Waals surface area contributed by atoms with Gasteiger partial charge in [-0.05, 0) is 45.8 Å². The highest BCUT2D eigenvalue weighted by Gasteiger charge is 2.22. The number of carbonyl (C=O) groups is 1. The molecule has 0 radical (unpaired) electrons. The molecule has 1 saturated heterocycles. The second-order valence-corrected chi connectivity index (χ2v) is 7.01. The van der Waals surface area contributed by atoms with Gasteiger partial charge in [-0.1, -0.05) is 6.07 Å². The molecule has 0 spiro atoms. The lowest BCUT2D eigenvalue weighted by molar-refractivity contribution is -0.384. The molecule has 0 atom stereocenters. The van der Waals surface area contributed by atoms with Gasteiger partial charge in [0.15, 0.2) is 0 Å². The standard InChI is InChI=1S/C18H18BrN3O4/c19-16-11-13(1-6-17(16)23)12-20-7-9-21(10-8-20)18(24)14-2-4-15(5-3-14)22(25)26/h1-6,11,23H,7-10,12H2. The topological polar surface area (TPSA) is 86.9 Å². The van der Waals surface area contributed by atoms with Crippen molar-refractivity contribution in [1.29, 1.82) is 0 Å². The van der Waals surface area contributed by atoms with Gasteiger partial charge in [-0.15, -0.1) is 0 Å². The molecule has 1 heterocycles. The van der Waals surface area contributed by atoms with E-state index in [1.807, 2.05) is 12.1 Å². The van der Waals surface area contributed by atoms with E-state index in [0.717, 1.165) is 25.2 Å². The number of phenols is 1. The fraction of sp³-hybridized carbons (Fsp3) is 0.278. The third kappa shape index (κ3) is 4.20. The van der Waals surface area contributed by atoms with Crippen LogP contribution in [0.2, 0.25) is 0 Å². The highest BCUT2D eigenvalue weighted by atomic mass is 79.9. The molecule has 136 valence electrons. The monoisotopic (exact) mass is 419 g/mol. The molecular weight excluding hydrogens is 402 g/mol. The lowest BCUT2D eigenvalue weighted by atomic mass is 10.1. The number of piperazine rings is 1. The van der Waals surface area contributed by atoms with Crippen molar-refractivity contribution >= 4 is 27.5 Å². The van der Waals surface area contributed by atoms with Crippen molar-refractivity contribution in [2.45, 2.75) is 6.54 Å². The minimum Gasteiger partial charge on any atom is -0.507 e. The van der Waals surface area contributed by atoms with E-state index in [2.05, 4.69) is 20.8 Å². The molecule has 1 N–H and O–H groups in total. The second-order valence-electron chi connectivity index (χ2n) is 6.16. The summed E-state index contributed by atoms with van der Waals surface area (Å²) in [4.78, 5) is 26.8. The van der Waals surface area contributed by atoms with Crippen molar-refractivity contribution in [1.82, 2.24) is 9.80 Å². The first-order valence-corrected chi connectivity index (χ1v) is 8.97. The number of nitrogens with zero attached hydrogens (tertiary/aromatic N) is 3. The van der Waals surface area contributed by atoms with Crippen LogP contribution in [0, 0.1) is 10.1 Å². The number of amides is 1. The Kier molecular flexibility index (Phi) is 5.53. The Balaban J connectivity index is 1.56. The van der Waals surface area contributed by atoms with E-state index in [-0.39, 0.29) is 17.3 Å². The summed E-state index contributed by atoms with van der Waals surface area (Å²) in [6.07, 6.45) is 0. The smallest absolute Gasteiger partial charge is 0.269 e. The highest BCUT2D eigenvalue weighted by Crippen LogP contribution is 2.25. The van der Waals surface area contributed by atoms with Gasteiger partial charge < -0.3 is 10.0 Å². The van der Waals surface area contributed by atoms with Crippen LogP contribution in [0.1, 0.15) is 15.9 Å². The van der Waals surface area contributed by atoms with Crippen LogP contribution in [0.3, 0.4) is 0 Å². The van der Waals surface area contributed by atoms with Gasteiger partial charge in [0.2, 0.25) is 0 Å². The molecule has 0 unspecified atom stereocenters. The van der Waals surface area contributed by atoms with Crippen molar-refractivity contribution in [3.63, 3.8) is 0 Å². The van der Waals surface area contributed by atoms with Crippen LogP contribution in [0.5, 0.6) is 5.75 Å². The van der Waals surface area contributed by atoms with Crippen molar-refractivity contribution in [2.24, 2.45) is 0 Å². The molecule has 3 rings (SSSR count). The Morgan fingerprint density at radius 2 is 1.77 bits per heavy atom. The van der Waals surface area contributed by atoms with Crippen LogP contribution in [0.15, 0.2) is 46.9 Å². The summed E-state index contributed by atoms with van der Waals surface area (Å²) in [7, 11) is 0. The Bertz CT molecular complexity index is 818. The van der Waals surface area contributed by atoms with E-state index in [1.54, 1.807) is 11.0 Å². The second kappa shape index (κ2) is 7.84. The maximum absolute atomic E-state index is 12.5. The zero-order valence-electron chi connectivity index (χ0n) is 14.0. The summed E-state index contributed by atoms with van der Waals surface area (Å²) in [6.45, 7) is 3.46. The Hall–Kier alpha value is -2.45. The SMILES string of the molecule is O=C(c1ccc([N+](=O)[O-])cc1)N1CCN(Cc2ccc(O)c(Br)c2)CC1. The van der Waals surface area contributed by atoms with Crippen molar-refractivity contribution in [3.05, 3.63) is 68.2 Å². The van der Waals surface area contributed by atoms with Crippen molar-refractivity contribution < 1.29 is 14.8 Å². The number of nitro groups is 1. The number of carbonyl (C=O) groups excluding carboxylic acids is 1. The molecule has 1 amide bonds. The summed E-state index contributed by atoms with van der Waals surface area (Å²) >= 11 is 3.32. The first-order chi connectivity index (χ1) is 12.4. The quantitative estimate of drug-likeness (QED) is 0.607. The van der Waals surface area contributed by atoms with Crippen molar-refractivity contribution in [3.8, 4) is 5.75 Å². The molecule has 0 aliphatic carbocycles. The van der Waals surface area contributed by atoms with Gasteiger partial charge in [-0.2, -0.15) is 0 Å². The van der Waals surface area contributed by atoms with Crippen LogP contribution in [0.25, 0.3) is 0 Å². The predicted octanol–water partition coefficient (Wildman–Crippen LogP) is 3.02. The number of hydrogen-bond acceptors (Lipinski definition) is 5. The molecule has 1 aliphatic heterocycles. The average molecular weight is 420 g/mol. The molecule has 26 heavy (non-hydrogen) atoms. The van der Waals surface area contributed by atoms with Gasteiger partial charge in [0, 0.05) is 50.4 Å². The minimum atomic E-state index is -0.477. The third-order valence-electron chi connectivity index (χ3n) is 4.40. The summed E-state index contributed by atoms with van der Waals surface area (Å²) in [5, 5.41) is 20.3. The van der Waals surface area contributed by atoms with E-state index in [9.17, 15) is 20.0 Å². The Morgan fingerprint density at radius 3 is 2.35 bits per heavy atom. The zero-order valence-corrected chi connectivity index (χ0v) is 15.6. The fourth-order valence-corrected chi connectivity index (χ4v) is 3.35. The van der Waals surface area contributed by atoms with E-state index >= 15 is 0 Å². The van der Waals surface area contributed by atoms with Crippen LogP contribution in [0.4, 0.5) is 5.69 Å². The summed E-state index contributed by atoms with van der Waals surface area (Å²) < 4.78 is 0.669. The zero-order chi connectivity index (χ0) is 18.7. The molecular formula is C18H18BrN3O4. The number of halogens is 1. The minimum absolute atomic E-state index is 0.0218. The maximum atomic E-state index is 12.5. The highest BCUT2D eigenvalue weighted by molar-refractivity contribution is 9.10. The molecule has 8 heteroatoms. The van der Waals surface area contributed by atoms with Gasteiger partial charge in [0.1, 0.15) is 5.75 Å². The third-order valence-corrected chi connectivity index (χ3v) is 5.04. The molecule has 0 aromatic heterocycles. The van der Waals surface area contributed by atoms with Gasteiger partial charge >= 0.3 is 0 Å². The van der Waals surface area contributed by atoms with Gasteiger partial charge in [-0.25, -0.2) is 0 Å². The number of phenolic OH excluding ortho intramolecular Hbond substituents is 1. The van der Waals surface area contributed by atoms with Crippen LogP contribution in [-0.4, -0.2) is 51.9 Å². The van der Waals surface area contributed by atoms with Crippen LogP contribution >= 0.6 is 15.9 Å². The number of benzene rings is 2. The summed E-state index contributed by atoms with van der Waals surface area (Å²) in [6, 6.07) is 11.1. The molecule has 2 aromatic rings. The maximum Gasteiger partial charge on any atom is 0.269 e. The number of hydrogen-bond donors (Lipinski definition) is 1. The lowest BCUT2D eigenvalue weighted by Gasteiger charge is -2.34. The van der Waals surface area contributed by atoms with Gasteiger partial charge in [0.05, 0.1) is 9.40 Å². The summed E-state index contributed by atoms with van der Waals surface area (Å²) in [5.41, 5.74) is 1.53. The molecule has 7 nitrogen and oxygen atoms in total. The van der Waals surface area contributed by atoms with Crippen LogP contribution < -0.4 is 0 Å². The first kappa shape index (κ1) is 18.3. The van der Waals surface area contributed by atoms with E-state index in [1.165, 1.54) is 24.3 Å². The molecule has 2 aromatic carbocycles. The lowest BCUT2D eigenvalue weighted by Crippen LogP contribution is -2.48. The van der Waals surface area contributed by atoms with E-state index in [4.69, 9.17) is 0 Å². The van der Waals surface area contributed by atoms with Gasteiger partial charge in [-0.3, -0.25) is 19.8 Å². The molecule has 0 saturated carbocycles. The molecule has 1 aliphatic rings. The Labute approximate surface area is 159 Å². The largest absolute Gasteiger partial charge is 0.507 e. The predicted molar refractivity (Wildman–Crippen MR) is 100 cm³/mol. The Morgan fingerprint density at radius 1 is 1.12 bits per heavy atom. The number of aromatic hydroxyl groups is 1. The van der Waals surface area contributed by atoms with Gasteiger partial charge in [0.25, 0.3) is 11.6 Å².